The van der Waals surface area contributed by atoms with Crippen molar-refractivity contribution >= 4 is 11.8 Å². The lowest BCUT2D eigenvalue weighted by atomic mass is 10.0. The number of nitrogens with one attached hydrogen (secondary N) is 1. The number of likely N-dealkylation sites (tertiary alicyclic amines) is 1. The Kier molecular flexibility index (Phi) is 6.40. The Morgan fingerprint density at radius 3 is 2.73 bits per heavy atom. The van der Waals surface area contributed by atoms with Crippen LogP contribution in [0.25, 0.3) is 0 Å². The summed E-state index contributed by atoms with van der Waals surface area (Å²) in [5.41, 5.74) is 0. The Morgan fingerprint density at radius 1 is 1.32 bits per heavy atom. The quantitative estimate of drug-likeness (QED) is 0.767. The van der Waals surface area contributed by atoms with Gasteiger partial charge in [-0.25, -0.2) is 4.39 Å². The van der Waals surface area contributed by atoms with Crippen molar-refractivity contribution < 1.29 is 14.0 Å². The van der Waals surface area contributed by atoms with Gasteiger partial charge < -0.3 is 10.2 Å². The van der Waals surface area contributed by atoms with E-state index in [4.69, 9.17) is 0 Å². The maximum atomic E-state index is 13.6. The van der Waals surface area contributed by atoms with Crippen LogP contribution in [0, 0.1) is 5.92 Å². The van der Waals surface area contributed by atoms with E-state index in [9.17, 15) is 14.0 Å². The smallest absolute Gasteiger partial charge is 0.226 e. The number of amides is 2. The van der Waals surface area contributed by atoms with E-state index < -0.39 is 6.17 Å². The zero-order valence-corrected chi connectivity index (χ0v) is 13.4. The average Bonchev–Trinajstić information content (AvgIpc) is 3.12. The van der Waals surface area contributed by atoms with Crippen LogP contribution in [-0.2, 0) is 9.59 Å². The predicted octanol–water partition coefficient (Wildman–Crippen LogP) is 2.59. The Hall–Kier alpha value is -1.39. The van der Waals surface area contributed by atoms with Gasteiger partial charge in [0.2, 0.25) is 11.8 Å². The molecule has 5 heteroatoms. The summed E-state index contributed by atoms with van der Waals surface area (Å²) in [4.78, 5) is 25.6. The first-order valence-corrected chi connectivity index (χ1v) is 8.41. The van der Waals surface area contributed by atoms with Gasteiger partial charge in [-0.2, -0.15) is 0 Å². The van der Waals surface area contributed by atoms with E-state index in [2.05, 4.69) is 5.32 Å². The zero-order chi connectivity index (χ0) is 15.9. The molecule has 0 spiro atoms. The molecule has 1 saturated carbocycles. The number of nitrogens with zero attached hydrogens (tertiary/aromatic N) is 1. The first kappa shape index (κ1) is 17.0. The van der Waals surface area contributed by atoms with Crippen LogP contribution in [0.5, 0.6) is 0 Å². The third-order valence-corrected chi connectivity index (χ3v) is 4.70. The van der Waals surface area contributed by atoms with Crippen LogP contribution in [0.1, 0.15) is 51.9 Å². The molecule has 2 aliphatic rings. The Morgan fingerprint density at radius 2 is 2.05 bits per heavy atom. The first-order valence-electron chi connectivity index (χ1n) is 8.41. The minimum atomic E-state index is -0.980. The van der Waals surface area contributed by atoms with Gasteiger partial charge in [0.1, 0.15) is 6.17 Å². The summed E-state index contributed by atoms with van der Waals surface area (Å²) >= 11 is 0. The van der Waals surface area contributed by atoms with E-state index in [-0.39, 0.29) is 24.4 Å². The molecule has 0 aromatic rings. The van der Waals surface area contributed by atoms with Crippen molar-refractivity contribution in [2.75, 3.05) is 13.1 Å². The third-order valence-electron chi connectivity index (χ3n) is 4.70. The molecular formula is C17H27FN2O2. The fraction of sp³-hybridized carbons (Fsp3) is 0.765. The Bertz CT molecular complexity index is 419. The summed E-state index contributed by atoms with van der Waals surface area (Å²) < 4.78 is 13.6. The van der Waals surface area contributed by atoms with Crippen LogP contribution < -0.4 is 5.32 Å². The Labute approximate surface area is 132 Å². The standard InChI is InChI=1S/C17H27FN2O2/c1-2-3-8-17(22)20-12-14(18)10-15(20)11-19-16(21)9-13-6-4-5-7-13/h2-3,13-15H,4-12H2,1H3,(H,19,21)/b3-2+/t14-,15-/m0/s1. The number of hydrogen-bond donors (Lipinski definition) is 1. The van der Waals surface area contributed by atoms with Crippen molar-refractivity contribution in [3.05, 3.63) is 12.2 Å². The van der Waals surface area contributed by atoms with Gasteiger partial charge in [0, 0.05) is 25.8 Å². The molecule has 2 rings (SSSR count). The van der Waals surface area contributed by atoms with E-state index in [1.807, 2.05) is 13.0 Å². The van der Waals surface area contributed by atoms with Crippen LogP contribution in [0.2, 0.25) is 0 Å². The van der Waals surface area contributed by atoms with Gasteiger partial charge in [-0.1, -0.05) is 25.0 Å². The van der Waals surface area contributed by atoms with Gasteiger partial charge in [0.15, 0.2) is 0 Å². The molecule has 2 amide bonds. The van der Waals surface area contributed by atoms with E-state index in [0.29, 0.717) is 31.7 Å². The number of rotatable bonds is 6. The van der Waals surface area contributed by atoms with Crippen molar-refractivity contribution in [1.82, 2.24) is 10.2 Å². The van der Waals surface area contributed by atoms with Crippen LogP contribution in [0.3, 0.4) is 0 Å². The van der Waals surface area contributed by atoms with Gasteiger partial charge in [-0.3, -0.25) is 9.59 Å². The number of alkyl halides is 1. The lowest BCUT2D eigenvalue weighted by Crippen LogP contribution is -2.43. The fourth-order valence-electron chi connectivity index (χ4n) is 3.47. The van der Waals surface area contributed by atoms with E-state index in [1.54, 1.807) is 11.0 Å². The summed E-state index contributed by atoms with van der Waals surface area (Å²) in [6, 6.07) is -0.208. The molecule has 124 valence electrons. The predicted molar refractivity (Wildman–Crippen MR) is 84.0 cm³/mol. The average molecular weight is 310 g/mol. The molecule has 0 aromatic carbocycles. The molecule has 4 nitrogen and oxygen atoms in total. The number of carbonyl (C=O) groups is 2. The minimum Gasteiger partial charge on any atom is -0.354 e. The fourth-order valence-corrected chi connectivity index (χ4v) is 3.47. The number of carbonyl (C=O) groups excluding carboxylic acids is 2. The van der Waals surface area contributed by atoms with Gasteiger partial charge >= 0.3 is 0 Å². The lowest BCUT2D eigenvalue weighted by molar-refractivity contribution is -0.132. The molecule has 2 fully saturated rings. The summed E-state index contributed by atoms with van der Waals surface area (Å²) in [5, 5.41) is 2.90. The molecular weight excluding hydrogens is 283 g/mol. The van der Waals surface area contributed by atoms with E-state index >= 15 is 0 Å². The molecule has 0 unspecified atom stereocenters. The third kappa shape index (κ3) is 4.82. The lowest BCUT2D eigenvalue weighted by Gasteiger charge is -2.24. The molecule has 1 N–H and O–H groups in total. The number of allylic oxidation sites excluding steroid dienone is 1. The minimum absolute atomic E-state index is 0.0371. The molecule has 0 aromatic heterocycles. The monoisotopic (exact) mass is 310 g/mol. The second-order valence-electron chi connectivity index (χ2n) is 6.46. The van der Waals surface area contributed by atoms with Gasteiger partial charge in [-0.15, -0.1) is 0 Å². The highest BCUT2D eigenvalue weighted by atomic mass is 19.1. The van der Waals surface area contributed by atoms with E-state index in [0.717, 1.165) is 12.8 Å². The van der Waals surface area contributed by atoms with Crippen LogP contribution >= 0.6 is 0 Å². The van der Waals surface area contributed by atoms with Crippen LogP contribution in [0.15, 0.2) is 12.2 Å². The first-order chi connectivity index (χ1) is 10.6. The van der Waals surface area contributed by atoms with Gasteiger partial charge in [-0.05, 0) is 25.7 Å². The summed E-state index contributed by atoms with van der Waals surface area (Å²) in [5.74, 6) is 0.480. The normalized spacial score (nSPS) is 26.0. The summed E-state index contributed by atoms with van der Waals surface area (Å²) in [7, 11) is 0. The van der Waals surface area contributed by atoms with Crippen molar-refractivity contribution in [3.63, 3.8) is 0 Å². The molecule has 1 heterocycles. The zero-order valence-electron chi connectivity index (χ0n) is 13.4. The highest BCUT2D eigenvalue weighted by Gasteiger charge is 2.34. The van der Waals surface area contributed by atoms with Crippen molar-refractivity contribution in [2.24, 2.45) is 5.92 Å². The largest absolute Gasteiger partial charge is 0.354 e. The number of halogens is 1. The molecule has 2 atom stereocenters. The SMILES string of the molecule is C/C=C/CC(=O)N1C[C@@H](F)C[C@H]1CNC(=O)CC1CCCC1. The molecule has 1 aliphatic carbocycles. The maximum Gasteiger partial charge on any atom is 0.226 e. The van der Waals surface area contributed by atoms with Gasteiger partial charge in [0.05, 0.1) is 12.6 Å². The summed E-state index contributed by atoms with van der Waals surface area (Å²) in [6.45, 7) is 2.38. The highest BCUT2D eigenvalue weighted by molar-refractivity contribution is 5.79. The van der Waals surface area contributed by atoms with Crippen LogP contribution in [0.4, 0.5) is 4.39 Å². The van der Waals surface area contributed by atoms with Crippen LogP contribution in [-0.4, -0.2) is 42.0 Å². The number of hydrogen-bond acceptors (Lipinski definition) is 2. The van der Waals surface area contributed by atoms with Crippen molar-refractivity contribution in [1.29, 1.82) is 0 Å². The second-order valence-corrected chi connectivity index (χ2v) is 6.46. The summed E-state index contributed by atoms with van der Waals surface area (Å²) in [6.07, 6.45) is 8.53. The van der Waals surface area contributed by atoms with Gasteiger partial charge in [0.25, 0.3) is 0 Å². The molecule has 0 bridgehead atoms. The van der Waals surface area contributed by atoms with E-state index in [1.165, 1.54) is 12.8 Å². The van der Waals surface area contributed by atoms with Crippen molar-refractivity contribution in [2.45, 2.75) is 64.1 Å². The Balaban J connectivity index is 1.78. The molecule has 1 aliphatic heterocycles. The molecule has 1 saturated heterocycles. The van der Waals surface area contributed by atoms with Crippen molar-refractivity contribution in [3.8, 4) is 0 Å². The maximum absolute atomic E-state index is 13.6. The highest BCUT2D eigenvalue weighted by Crippen LogP contribution is 2.27. The molecule has 22 heavy (non-hydrogen) atoms. The molecule has 0 radical (unpaired) electrons. The topological polar surface area (TPSA) is 49.4 Å². The second kappa shape index (κ2) is 8.30.